The molecule has 0 bridgehead atoms. The molecule has 2 unspecified atom stereocenters. The Morgan fingerprint density at radius 3 is 2.64 bits per heavy atom. The van der Waals surface area contributed by atoms with Gasteiger partial charge in [-0.1, -0.05) is 23.2 Å². The molecule has 2 aliphatic heterocycles. The predicted molar refractivity (Wildman–Crippen MR) is 97.5 cm³/mol. The number of carboxylic acid groups (broad SMARTS) is 1. The third-order valence-electron chi connectivity index (χ3n) is 4.84. The largest absolute Gasteiger partial charge is 0.481 e. The van der Waals surface area contributed by atoms with Crippen molar-refractivity contribution in [1.82, 2.24) is 10.2 Å². The molecule has 0 aliphatic carbocycles. The van der Waals surface area contributed by atoms with Crippen molar-refractivity contribution in [3.8, 4) is 0 Å². The quantitative estimate of drug-likeness (QED) is 0.838. The highest BCUT2D eigenvalue weighted by atomic mass is 35.5. The Bertz CT molecular complexity index is 671. The molecular formula is C17H21Cl2N3O3. The Balaban J connectivity index is 1.54. The minimum absolute atomic E-state index is 0.0344. The minimum atomic E-state index is -0.829. The molecule has 2 amide bonds. The summed E-state index contributed by atoms with van der Waals surface area (Å²) in [5.74, 6) is -1.29. The van der Waals surface area contributed by atoms with E-state index >= 15 is 0 Å². The number of hydrogen-bond donors (Lipinski definition) is 2. The van der Waals surface area contributed by atoms with Crippen LogP contribution in [0, 0.1) is 5.92 Å². The Kier molecular flexibility index (Phi) is 5.59. The number of piperidine rings is 1. The van der Waals surface area contributed by atoms with E-state index in [-0.39, 0.29) is 18.6 Å². The van der Waals surface area contributed by atoms with E-state index < -0.39 is 11.9 Å². The number of aliphatic carboxylic acids is 1. The van der Waals surface area contributed by atoms with Crippen molar-refractivity contribution in [2.24, 2.45) is 5.92 Å². The maximum Gasteiger partial charge on any atom is 0.317 e. The van der Waals surface area contributed by atoms with E-state index in [9.17, 15) is 9.59 Å². The first-order valence-corrected chi connectivity index (χ1v) is 9.18. The van der Waals surface area contributed by atoms with Crippen molar-refractivity contribution in [2.75, 3.05) is 31.1 Å². The molecule has 25 heavy (non-hydrogen) atoms. The second-order valence-electron chi connectivity index (χ2n) is 6.60. The van der Waals surface area contributed by atoms with E-state index in [1.165, 1.54) is 0 Å². The summed E-state index contributed by atoms with van der Waals surface area (Å²) in [6, 6.07) is 5.38. The van der Waals surface area contributed by atoms with Gasteiger partial charge in [-0.25, -0.2) is 4.79 Å². The number of carboxylic acids is 1. The summed E-state index contributed by atoms with van der Waals surface area (Å²) in [6.45, 7) is 2.41. The van der Waals surface area contributed by atoms with Crippen LogP contribution in [-0.4, -0.2) is 54.2 Å². The van der Waals surface area contributed by atoms with Crippen molar-refractivity contribution in [1.29, 1.82) is 0 Å². The number of nitrogens with zero attached hydrogens (tertiary/aromatic N) is 2. The summed E-state index contributed by atoms with van der Waals surface area (Å²) >= 11 is 12.0. The van der Waals surface area contributed by atoms with Crippen LogP contribution in [0.4, 0.5) is 10.5 Å². The second-order valence-corrected chi connectivity index (χ2v) is 7.42. The lowest BCUT2D eigenvalue weighted by atomic mass is 9.99. The van der Waals surface area contributed by atoms with E-state index in [2.05, 4.69) is 10.2 Å². The van der Waals surface area contributed by atoms with Crippen LogP contribution in [0.2, 0.25) is 10.0 Å². The zero-order chi connectivity index (χ0) is 18.0. The van der Waals surface area contributed by atoms with Gasteiger partial charge in [0.25, 0.3) is 0 Å². The molecule has 3 rings (SSSR count). The number of carbonyl (C=O) groups is 2. The molecule has 2 atom stereocenters. The molecule has 2 saturated heterocycles. The number of benzene rings is 1. The molecule has 136 valence electrons. The fourth-order valence-electron chi connectivity index (χ4n) is 3.42. The van der Waals surface area contributed by atoms with Crippen molar-refractivity contribution in [3.63, 3.8) is 0 Å². The molecule has 8 heteroatoms. The van der Waals surface area contributed by atoms with Crippen molar-refractivity contribution in [2.45, 2.75) is 25.3 Å². The van der Waals surface area contributed by atoms with Crippen LogP contribution in [0.3, 0.4) is 0 Å². The van der Waals surface area contributed by atoms with Crippen LogP contribution in [-0.2, 0) is 4.79 Å². The zero-order valence-corrected chi connectivity index (χ0v) is 15.3. The Morgan fingerprint density at radius 2 is 1.92 bits per heavy atom. The molecule has 2 aliphatic rings. The maximum atomic E-state index is 12.4. The first kappa shape index (κ1) is 18.1. The number of halogens is 2. The number of hydrogen-bond acceptors (Lipinski definition) is 3. The first-order valence-electron chi connectivity index (χ1n) is 8.42. The van der Waals surface area contributed by atoms with E-state index in [0.29, 0.717) is 29.6 Å². The SMILES string of the molecule is O=C(O)C1CCCN(C(=O)NC2CCN(c3ccc(Cl)c(Cl)c3)C2)C1. The Morgan fingerprint density at radius 1 is 1.12 bits per heavy atom. The van der Waals surface area contributed by atoms with Gasteiger partial charge in [0.2, 0.25) is 0 Å². The highest BCUT2D eigenvalue weighted by molar-refractivity contribution is 6.42. The Hall–Kier alpha value is -1.66. The Labute approximate surface area is 156 Å². The predicted octanol–water partition coefficient (Wildman–Crippen LogP) is 3.08. The lowest BCUT2D eigenvalue weighted by Gasteiger charge is -2.31. The van der Waals surface area contributed by atoms with Crippen LogP contribution in [0.5, 0.6) is 0 Å². The van der Waals surface area contributed by atoms with Crippen LogP contribution >= 0.6 is 23.2 Å². The molecule has 0 spiro atoms. The molecule has 6 nitrogen and oxygen atoms in total. The van der Waals surface area contributed by atoms with Gasteiger partial charge in [-0.05, 0) is 37.5 Å². The second kappa shape index (κ2) is 7.70. The molecule has 0 radical (unpaired) electrons. The van der Waals surface area contributed by atoms with Crippen LogP contribution in [0.15, 0.2) is 18.2 Å². The van der Waals surface area contributed by atoms with Gasteiger partial charge in [0.1, 0.15) is 0 Å². The monoisotopic (exact) mass is 385 g/mol. The molecule has 0 aromatic heterocycles. The van der Waals surface area contributed by atoms with E-state index in [0.717, 1.165) is 25.1 Å². The number of urea groups is 1. The van der Waals surface area contributed by atoms with Crippen molar-refractivity contribution >= 4 is 40.9 Å². The van der Waals surface area contributed by atoms with Gasteiger partial charge >= 0.3 is 12.0 Å². The molecular weight excluding hydrogens is 365 g/mol. The number of carbonyl (C=O) groups excluding carboxylic acids is 1. The summed E-state index contributed by atoms with van der Waals surface area (Å²) in [4.78, 5) is 27.3. The van der Waals surface area contributed by atoms with Gasteiger partial charge in [-0.3, -0.25) is 4.79 Å². The van der Waals surface area contributed by atoms with Gasteiger partial charge in [-0.15, -0.1) is 0 Å². The van der Waals surface area contributed by atoms with Gasteiger partial charge in [0.15, 0.2) is 0 Å². The average Bonchev–Trinajstić information content (AvgIpc) is 3.06. The normalized spacial score (nSPS) is 23.6. The summed E-state index contributed by atoms with van der Waals surface area (Å²) in [5, 5.41) is 13.2. The topological polar surface area (TPSA) is 72.9 Å². The number of anilines is 1. The van der Waals surface area contributed by atoms with E-state index in [1.807, 2.05) is 12.1 Å². The molecule has 2 N–H and O–H groups in total. The third kappa shape index (κ3) is 4.30. The molecule has 1 aromatic carbocycles. The number of nitrogens with one attached hydrogen (secondary N) is 1. The van der Waals surface area contributed by atoms with Crippen LogP contribution in [0.1, 0.15) is 19.3 Å². The molecule has 0 saturated carbocycles. The standard InChI is InChI=1S/C17H21Cl2N3O3/c18-14-4-3-13(8-15(14)19)21-7-5-12(10-21)20-17(25)22-6-1-2-11(9-22)16(23)24/h3-4,8,11-12H,1-2,5-7,9-10H2,(H,20,25)(H,23,24). The highest BCUT2D eigenvalue weighted by Crippen LogP contribution is 2.29. The van der Waals surface area contributed by atoms with Gasteiger partial charge in [0, 0.05) is 37.9 Å². The number of rotatable bonds is 3. The average molecular weight is 386 g/mol. The van der Waals surface area contributed by atoms with E-state index in [4.69, 9.17) is 28.3 Å². The van der Waals surface area contributed by atoms with E-state index in [1.54, 1.807) is 11.0 Å². The molecule has 2 fully saturated rings. The summed E-state index contributed by atoms with van der Waals surface area (Å²) in [6.07, 6.45) is 2.19. The zero-order valence-electron chi connectivity index (χ0n) is 13.8. The third-order valence-corrected chi connectivity index (χ3v) is 5.58. The summed E-state index contributed by atoms with van der Waals surface area (Å²) < 4.78 is 0. The highest BCUT2D eigenvalue weighted by Gasteiger charge is 2.30. The fourth-order valence-corrected chi connectivity index (χ4v) is 3.72. The summed E-state index contributed by atoms with van der Waals surface area (Å²) in [5.41, 5.74) is 0.982. The van der Waals surface area contributed by atoms with Gasteiger partial charge in [-0.2, -0.15) is 0 Å². The minimum Gasteiger partial charge on any atom is -0.481 e. The number of likely N-dealkylation sites (tertiary alicyclic amines) is 1. The van der Waals surface area contributed by atoms with Crippen LogP contribution < -0.4 is 10.2 Å². The summed E-state index contributed by atoms with van der Waals surface area (Å²) in [7, 11) is 0. The van der Waals surface area contributed by atoms with Gasteiger partial charge in [0.05, 0.1) is 16.0 Å². The lowest BCUT2D eigenvalue weighted by molar-refractivity contribution is -0.143. The van der Waals surface area contributed by atoms with Crippen molar-refractivity contribution < 1.29 is 14.7 Å². The van der Waals surface area contributed by atoms with Crippen LogP contribution in [0.25, 0.3) is 0 Å². The smallest absolute Gasteiger partial charge is 0.317 e. The lowest BCUT2D eigenvalue weighted by Crippen LogP contribution is -2.50. The number of amides is 2. The fraction of sp³-hybridized carbons (Fsp3) is 0.529. The van der Waals surface area contributed by atoms with Gasteiger partial charge < -0.3 is 20.2 Å². The first-order chi connectivity index (χ1) is 11.9. The molecule has 1 aromatic rings. The molecule has 2 heterocycles. The van der Waals surface area contributed by atoms with Crippen molar-refractivity contribution in [3.05, 3.63) is 28.2 Å². The maximum absolute atomic E-state index is 12.4.